The van der Waals surface area contributed by atoms with Crippen LogP contribution >= 0.6 is 0 Å². The van der Waals surface area contributed by atoms with Crippen molar-refractivity contribution in [1.82, 2.24) is 25.5 Å². The molecule has 0 fully saturated rings. The summed E-state index contributed by atoms with van der Waals surface area (Å²) in [7, 11) is 0. The van der Waals surface area contributed by atoms with Crippen LogP contribution in [0.1, 0.15) is 45.9 Å². The van der Waals surface area contributed by atoms with Crippen molar-refractivity contribution < 1.29 is 0 Å². The van der Waals surface area contributed by atoms with E-state index in [0.717, 1.165) is 25.3 Å². The Morgan fingerprint density at radius 2 is 2.13 bits per heavy atom. The van der Waals surface area contributed by atoms with Crippen molar-refractivity contribution in [2.45, 2.75) is 59.2 Å². The summed E-state index contributed by atoms with van der Waals surface area (Å²) in [6, 6.07) is 0.464. The average molecular weight is 211 g/mol. The molecular formula is C10H21N5. The lowest BCUT2D eigenvalue weighted by atomic mass is 10.2. The molecule has 15 heavy (non-hydrogen) atoms. The lowest BCUT2D eigenvalue weighted by Crippen LogP contribution is -2.24. The molecule has 0 aliphatic heterocycles. The molecule has 0 aliphatic rings. The number of unbranched alkanes of at least 4 members (excludes halogenated alkanes) is 2. The summed E-state index contributed by atoms with van der Waals surface area (Å²) in [6.07, 6.45) is 3.61. The number of hydrogen-bond donors (Lipinski definition) is 1. The van der Waals surface area contributed by atoms with Crippen LogP contribution in [0.25, 0.3) is 0 Å². The maximum absolute atomic E-state index is 4.01. The van der Waals surface area contributed by atoms with Gasteiger partial charge in [-0.1, -0.05) is 33.6 Å². The largest absolute Gasteiger partial charge is 0.308 e. The van der Waals surface area contributed by atoms with Gasteiger partial charge in [0.25, 0.3) is 0 Å². The van der Waals surface area contributed by atoms with E-state index >= 15 is 0 Å². The van der Waals surface area contributed by atoms with Gasteiger partial charge in [-0.25, -0.2) is 4.68 Å². The van der Waals surface area contributed by atoms with Gasteiger partial charge in [0, 0.05) is 12.6 Å². The lowest BCUT2D eigenvalue weighted by Gasteiger charge is -2.07. The zero-order valence-electron chi connectivity index (χ0n) is 9.90. The number of hydrogen-bond acceptors (Lipinski definition) is 4. The fraction of sp³-hybridized carbons (Fsp3) is 0.900. The fourth-order valence-electron chi connectivity index (χ4n) is 1.33. The van der Waals surface area contributed by atoms with Gasteiger partial charge in [0.05, 0.1) is 6.54 Å². The van der Waals surface area contributed by atoms with Crippen molar-refractivity contribution in [3.05, 3.63) is 5.82 Å². The van der Waals surface area contributed by atoms with Crippen molar-refractivity contribution in [3.63, 3.8) is 0 Å². The van der Waals surface area contributed by atoms with Gasteiger partial charge in [-0.15, -0.1) is 5.10 Å². The average Bonchev–Trinajstić information content (AvgIpc) is 2.63. The van der Waals surface area contributed by atoms with E-state index in [0.29, 0.717) is 6.04 Å². The summed E-state index contributed by atoms with van der Waals surface area (Å²) in [5.41, 5.74) is 0. The molecule has 5 nitrogen and oxygen atoms in total. The summed E-state index contributed by atoms with van der Waals surface area (Å²) in [5.74, 6) is 0.930. The third-order valence-electron chi connectivity index (χ3n) is 2.25. The molecular weight excluding hydrogens is 190 g/mol. The predicted octanol–water partition coefficient (Wildman–Crippen LogP) is 1.36. The van der Waals surface area contributed by atoms with E-state index in [1.54, 1.807) is 0 Å². The first-order valence-electron chi connectivity index (χ1n) is 5.72. The van der Waals surface area contributed by atoms with E-state index in [1.165, 1.54) is 12.8 Å². The standard InChI is InChI=1S/C10H21N5/c1-4-5-6-7-15-10(12-13-14-15)8-11-9(2)3/h9,11H,4-8H2,1-3H3. The molecule has 0 atom stereocenters. The van der Waals surface area contributed by atoms with Gasteiger partial charge in [-0.2, -0.15) is 0 Å². The highest BCUT2D eigenvalue weighted by atomic mass is 15.5. The first kappa shape index (κ1) is 12.1. The van der Waals surface area contributed by atoms with Crippen molar-refractivity contribution in [2.24, 2.45) is 0 Å². The summed E-state index contributed by atoms with van der Waals surface area (Å²) >= 11 is 0. The first-order valence-corrected chi connectivity index (χ1v) is 5.72. The molecule has 0 saturated carbocycles. The summed E-state index contributed by atoms with van der Waals surface area (Å²) in [6.45, 7) is 8.10. The summed E-state index contributed by atoms with van der Waals surface area (Å²) in [4.78, 5) is 0. The molecule has 0 unspecified atom stereocenters. The fourth-order valence-corrected chi connectivity index (χ4v) is 1.33. The van der Waals surface area contributed by atoms with Crippen LogP contribution in [0.5, 0.6) is 0 Å². The van der Waals surface area contributed by atoms with E-state index in [9.17, 15) is 0 Å². The molecule has 0 spiro atoms. The molecule has 1 N–H and O–H groups in total. The number of nitrogens with one attached hydrogen (secondary N) is 1. The lowest BCUT2D eigenvalue weighted by molar-refractivity contribution is 0.493. The Morgan fingerprint density at radius 3 is 2.80 bits per heavy atom. The Kier molecular flexibility index (Phi) is 5.25. The minimum atomic E-state index is 0.464. The van der Waals surface area contributed by atoms with E-state index < -0.39 is 0 Å². The predicted molar refractivity (Wildman–Crippen MR) is 59.3 cm³/mol. The van der Waals surface area contributed by atoms with E-state index in [2.05, 4.69) is 41.6 Å². The number of rotatable bonds is 7. The minimum Gasteiger partial charge on any atom is -0.308 e. The number of tetrazole rings is 1. The summed E-state index contributed by atoms with van der Waals surface area (Å²) in [5, 5.41) is 15.0. The molecule has 0 aliphatic carbocycles. The molecule has 0 radical (unpaired) electrons. The van der Waals surface area contributed by atoms with Crippen LogP contribution in [0.4, 0.5) is 0 Å². The highest BCUT2D eigenvalue weighted by molar-refractivity contribution is 4.80. The monoisotopic (exact) mass is 211 g/mol. The number of nitrogens with zero attached hydrogens (tertiary/aromatic N) is 4. The molecule has 1 aromatic heterocycles. The van der Waals surface area contributed by atoms with Crippen LogP contribution in [-0.2, 0) is 13.1 Å². The third kappa shape index (κ3) is 4.38. The second kappa shape index (κ2) is 6.50. The molecule has 1 heterocycles. The van der Waals surface area contributed by atoms with Crippen molar-refractivity contribution >= 4 is 0 Å². The van der Waals surface area contributed by atoms with Gasteiger partial charge in [0.15, 0.2) is 5.82 Å². The first-order chi connectivity index (χ1) is 7.24. The second-order valence-electron chi connectivity index (χ2n) is 4.06. The van der Waals surface area contributed by atoms with Crippen LogP contribution < -0.4 is 5.32 Å². The van der Waals surface area contributed by atoms with Crippen molar-refractivity contribution in [3.8, 4) is 0 Å². The van der Waals surface area contributed by atoms with E-state index in [-0.39, 0.29) is 0 Å². The molecule has 1 rings (SSSR count). The van der Waals surface area contributed by atoms with E-state index in [4.69, 9.17) is 0 Å². The Hall–Kier alpha value is -0.970. The number of aryl methyl sites for hydroxylation is 1. The second-order valence-corrected chi connectivity index (χ2v) is 4.06. The number of aromatic nitrogens is 4. The SMILES string of the molecule is CCCCCn1nnnc1CNC(C)C. The van der Waals surface area contributed by atoms with Crippen LogP contribution in [0.3, 0.4) is 0 Å². The van der Waals surface area contributed by atoms with Crippen LogP contribution in [-0.4, -0.2) is 26.2 Å². The summed E-state index contributed by atoms with van der Waals surface area (Å²) < 4.78 is 1.89. The highest BCUT2D eigenvalue weighted by Gasteiger charge is 2.05. The van der Waals surface area contributed by atoms with Gasteiger partial charge in [0.1, 0.15) is 0 Å². The van der Waals surface area contributed by atoms with E-state index in [1.807, 2.05) is 4.68 Å². The Bertz CT molecular complexity index is 269. The third-order valence-corrected chi connectivity index (χ3v) is 2.25. The van der Waals surface area contributed by atoms with Gasteiger partial charge in [-0.3, -0.25) is 0 Å². The highest BCUT2D eigenvalue weighted by Crippen LogP contribution is 1.99. The molecule has 0 bridgehead atoms. The maximum Gasteiger partial charge on any atom is 0.165 e. The molecule has 0 amide bonds. The molecule has 5 heteroatoms. The zero-order valence-corrected chi connectivity index (χ0v) is 9.90. The van der Waals surface area contributed by atoms with Crippen LogP contribution in [0.2, 0.25) is 0 Å². The molecule has 1 aromatic rings. The van der Waals surface area contributed by atoms with Gasteiger partial charge in [0.2, 0.25) is 0 Å². The van der Waals surface area contributed by atoms with Crippen molar-refractivity contribution in [1.29, 1.82) is 0 Å². The topological polar surface area (TPSA) is 55.6 Å². The molecule has 0 aromatic carbocycles. The maximum atomic E-state index is 4.01. The van der Waals surface area contributed by atoms with Gasteiger partial charge in [-0.05, 0) is 16.8 Å². The van der Waals surface area contributed by atoms with Gasteiger partial charge < -0.3 is 5.32 Å². The zero-order chi connectivity index (χ0) is 11.1. The smallest absolute Gasteiger partial charge is 0.165 e. The van der Waals surface area contributed by atoms with Crippen LogP contribution in [0, 0.1) is 0 Å². The molecule has 86 valence electrons. The molecule has 0 saturated heterocycles. The Morgan fingerprint density at radius 1 is 1.33 bits per heavy atom. The normalized spacial score (nSPS) is 11.2. The van der Waals surface area contributed by atoms with Crippen LogP contribution in [0.15, 0.2) is 0 Å². The van der Waals surface area contributed by atoms with Gasteiger partial charge >= 0.3 is 0 Å². The minimum absolute atomic E-state index is 0.464. The quantitative estimate of drug-likeness (QED) is 0.692. The van der Waals surface area contributed by atoms with Crippen molar-refractivity contribution in [2.75, 3.05) is 0 Å². The Balaban J connectivity index is 2.39. The Labute approximate surface area is 91.2 Å².